The van der Waals surface area contributed by atoms with E-state index in [1.807, 2.05) is 26.0 Å². The van der Waals surface area contributed by atoms with E-state index in [4.69, 9.17) is 4.74 Å². The number of ether oxygens (including phenoxy) is 1. The van der Waals surface area contributed by atoms with Gasteiger partial charge in [0.05, 0.1) is 6.20 Å². The van der Waals surface area contributed by atoms with Gasteiger partial charge in [0, 0.05) is 18.2 Å². The number of aromatic nitrogens is 1. The van der Waals surface area contributed by atoms with Crippen LogP contribution in [0.25, 0.3) is 0 Å². The van der Waals surface area contributed by atoms with Crippen molar-refractivity contribution < 1.29 is 9.13 Å². The maximum Gasteiger partial charge on any atom is 0.223 e. The molecule has 0 saturated heterocycles. The fourth-order valence-electron chi connectivity index (χ4n) is 2.25. The van der Waals surface area contributed by atoms with E-state index < -0.39 is 0 Å². The van der Waals surface area contributed by atoms with Crippen LogP contribution in [-0.4, -0.2) is 11.0 Å². The Labute approximate surface area is 124 Å². The maximum atomic E-state index is 13.4. The van der Waals surface area contributed by atoms with E-state index in [1.54, 1.807) is 0 Å². The van der Waals surface area contributed by atoms with Gasteiger partial charge >= 0.3 is 0 Å². The van der Waals surface area contributed by atoms with Gasteiger partial charge in [0.15, 0.2) is 0 Å². The smallest absolute Gasteiger partial charge is 0.223 e. The molecule has 2 aromatic rings. The van der Waals surface area contributed by atoms with Crippen molar-refractivity contribution in [1.82, 2.24) is 10.3 Å². The molecule has 21 heavy (non-hydrogen) atoms. The molecule has 1 aliphatic carbocycles. The molecule has 0 unspecified atom stereocenters. The van der Waals surface area contributed by atoms with E-state index in [0.29, 0.717) is 18.5 Å². The second-order valence-electron chi connectivity index (χ2n) is 5.64. The largest absolute Gasteiger partial charge is 0.438 e. The van der Waals surface area contributed by atoms with Crippen molar-refractivity contribution in [1.29, 1.82) is 0 Å². The summed E-state index contributed by atoms with van der Waals surface area (Å²) in [6.45, 7) is 4.61. The summed E-state index contributed by atoms with van der Waals surface area (Å²) in [5.74, 6) is 0.888. The summed E-state index contributed by atoms with van der Waals surface area (Å²) in [6, 6.07) is 8.02. The molecule has 1 aliphatic rings. The normalized spacial score (nSPS) is 14.2. The van der Waals surface area contributed by atoms with E-state index in [9.17, 15) is 4.39 Å². The number of hydrogen-bond donors (Lipinski definition) is 1. The standard InChI is InChI=1S/C17H19FN2O/c1-11-3-6-16(12(2)7-11)21-17-13(8-14(18)10-20-17)9-19-15-4-5-15/h3,6-8,10,15,19H,4-5,9H2,1-2H3. The molecule has 3 nitrogen and oxygen atoms in total. The first-order valence-corrected chi connectivity index (χ1v) is 7.25. The highest BCUT2D eigenvalue weighted by Gasteiger charge is 2.21. The van der Waals surface area contributed by atoms with Gasteiger partial charge in [0.2, 0.25) is 5.88 Å². The molecule has 0 radical (unpaired) electrons. The Hall–Kier alpha value is -1.94. The Morgan fingerprint density at radius 3 is 2.81 bits per heavy atom. The third-order valence-corrected chi connectivity index (χ3v) is 3.59. The zero-order valence-corrected chi connectivity index (χ0v) is 12.3. The van der Waals surface area contributed by atoms with Gasteiger partial charge in [0.1, 0.15) is 11.6 Å². The molecule has 3 rings (SSSR count). The van der Waals surface area contributed by atoms with Gasteiger partial charge < -0.3 is 10.1 Å². The summed E-state index contributed by atoms with van der Waals surface area (Å²) in [5.41, 5.74) is 2.98. The Balaban J connectivity index is 1.82. The van der Waals surface area contributed by atoms with Crippen LogP contribution in [0.5, 0.6) is 11.6 Å². The number of hydrogen-bond acceptors (Lipinski definition) is 3. The van der Waals surface area contributed by atoms with E-state index in [1.165, 1.54) is 30.7 Å². The van der Waals surface area contributed by atoms with Gasteiger partial charge in [-0.25, -0.2) is 9.37 Å². The highest BCUT2D eigenvalue weighted by molar-refractivity contribution is 5.39. The van der Waals surface area contributed by atoms with Gasteiger partial charge in [-0.3, -0.25) is 0 Å². The predicted molar refractivity (Wildman–Crippen MR) is 80.0 cm³/mol. The lowest BCUT2D eigenvalue weighted by Gasteiger charge is -2.12. The average molecular weight is 286 g/mol. The first kappa shape index (κ1) is 14.0. The van der Waals surface area contributed by atoms with Crippen molar-refractivity contribution >= 4 is 0 Å². The number of rotatable bonds is 5. The van der Waals surface area contributed by atoms with Gasteiger partial charge in [-0.2, -0.15) is 0 Å². The molecule has 0 atom stereocenters. The minimum atomic E-state index is -0.337. The lowest BCUT2D eigenvalue weighted by molar-refractivity contribution is 0.445. The van der Waals surface area contributed by atoms with Crippen LogP contribution in [0.4, 0.5) is 4.39 Å². The first-order chi connectivity index (χ1) is 10.1. The fraction of sp³-hybridized carbons (Fsp3) is 0.353. The molecule has 1 saturated carbocycles. The van der Waals surface area contributed by atoms with Gasteiger partial charge in [-0.15, -0.1) is 0 Å². The fourth-order valence-corrected chi connectivity index (χ4v) is 2.25. The molecule has 0 bridgehead atoms. The average Bonchev–Trinajstić information content (AvgIpc) is 3.26. The van der Waals surface area contributed by atoms with Crippen LogP contribution >= 0.6 is 0 Å². The van der Waals surface area contributed by atoms with Crippen molar-refractivity contribution in [3.05, 3.63) is 53.0 Å². The van der Waals surface area contributed by atoms with Crippen LogP contribution in [0.15, 0.2) is 30.5 Å². The summed E-state index contributed by atoms with van der Waals surface area (Å²) in [4.78, 5) is 4.10. The molecule has 1 heterocycles. The molecule has 0 aliphatic heterocycles. The molecule has 1 fully saturated rings. The van der Waals surface area contributed by atoms with Gasteiger partial charge in [-0.1, -0.05) is 17.7 Å². The molecule has 1 aromatic heterocycles. The molecule has 110 valence electrons. The monoisotopic (exact) mass is 286 g/mol. The summed E-state index contributed by atoms with van der Waals surface area (Å²) < 4.78 is 19.3. The summed E-state index contributed by atoms with van der Waals surface area (Å²) in [7, 11) is 0. The van der Waals surface area contributed by atoms with E-state index in [2.05, 4.69) is 16.4 Å². The zero-order chi connectivity index (χ0) is 14.8. The van der Waals surface area contributed by atoms with Gasteiger partial charge in [-0.05, 0) is 44.4 Å². The SMILES string of the molecule is Cc1ccc(Oc2ncc(F)cc2CNC2CC2)c(C)c1. The summed E-state index contributed by atoms with van der Waals surface area (Å²) in [5, 5.41) is 3.36. The number of halogens is 1. The summed E-state index contributed by atoms with van der Waals surface area (Å²) in [6.07, 6.45) is 3.57. The van der Waals surface area contributed by atoms with Crippen LogP contribution < -0.4 is 10.1 Å². The molecule has 4 heteroatoms. The lowest BCUT2D eigenvalue weighted by Crippen LogP contribution is -2.16. The Bertz CT molecular complexity index is 653. The number of nitrogens with zero attached hydrogens (tertiary/aromatic N) is 1. The minimum absolute atomic E-state index is 0.337. The van der Waals surface area contributed by atoms with Crippen LogP contribution in [-0.2, 0) is 6.54 Å². The van der Waals surface area contributed by atoms with Crippen LogP contribution in [0.2, 0.25) is 0 Å². The molecule has 0 amide bonds. The van der Waals surface area contributed by atoms with Crippen LogP contribution in [0, 0.1) is 19.7 Å². The van der Waals surface area contributed by atoms with E-state index in [-0.39, 0.29) is 5.82 Å². The topological polar surface area (TPSA) is 34.1 Å². The number of benzene rings is 1. The highest BCUT2D eigenvalue weighted by atomic mass is 19.1. The predicted octanol–water partition coefficient (Wildman–Crippen LogP) is 3.88. The van der Waals surface area contributed by atoms with Crippen molar-refractivity contribution in [3.63, 3.8) is 0 Å². The number of pyridine rings is 1. The third-order valence-electron chi connectivity index (χ3n) is 3.59. The zero-order valence-electron chi connectivity index (χ0n) is 12.3. The van der Waals surface area contributed by atoms with Crippen molar-refractivity contribution in [2.24, 2.45) is 0 Å². The van der Waals surface area contributed by atoms with Crippen molar-refractivity contribution in [2.75, 3.05) is 0 Å². The van der Waals surface area contributed by atoms with Crippen molar-refractivity contribution in [3.8, 4) is 11.6 Å². The van der Waals surface area contributed by atoms with E-state index in [0.717, 1.165) is 16.9 Å². The van der Waals surface area contributed by atoms with Crippen molar-refractivity contribution in [2.45, 2.75) is 39.3 Å². The molecule has 1 aromatic carbocycles. The molecular weight excluding hydrogens is 267 g/mol. The minimum Gasteiger partial charge on any atom is -0.438 e. The molecule has 0 spiro atoms. The van der Waals surface area contributed by atoms with Crippen LogP contribution in [0.3, 0.4) is 0 Å². The third kappa shape index (κ3) is 3.58. The first-order valence-electron chi connectivity index (χ1n) is 7.25. The second kappa shape index (κ2) is 5.82. The van der Waals surface area contributed by atoms with Gasteiger partial charge in [0.25, 0.3) is 0 Å². The quantitative estimate of drug-likeness (QED) is 0.905. The number of aryl methyl sites for hydroxylation is 2. The highest BCUT2D eigenvalue weighted by Crippen LogP contribution is 2.28. The Morgan fingerprint density at radius 2 is 2.10 bits per heavy atom. The molecule has 1 N–H and O–H groups in total. The maximum absolute atomic E-state index is 13.4. The summed E-state index contributed by atoms with van der Waals surface area (Å²) >= 11 is 0. The molecular formula is C17H19FN2O. The van der Waals surface area contributed by atoms with E-state index >= 15 is 0 Å². The Morgan fingerprint density at radius 1 is 1.29 bits per heavy atom. The Kier molecular flexibility index (Phi) is 3.88. The second-order valence-corrected chi connectivity index (χ2v) is 5.64. The number of nitrogens with one attached hydrogen (secondary N) is 1. The van der Waals surface area contributed by atoms with Crippen LogP contribution in [0.1, 0.15) is 29.5 Å². The lowest BCUT2D eigenvalue weighted by atomic mass is 10.1.